The van der Waals surface area contributed by atoms with E-state index in [0.29, 0.717) is 5.39 Å². The van der Waals surface area contributed by atoms with Crippen molar-refractivity contribution >= 4 is 21.0 Å². The molecule has 0 N–H and O–H groups in total. The first-order chi connectivity index (χ1) is 8.29. The summed E-state index contributed by atoms with van der Waals surface area (Å²) < 4.78 is 61.7. The van der Waals surface area contributed by atoms with Crippen LogP contribution in [0.5, 0.6) is 5.88 Å². The van der Waals surface area contributed by atoms with E-state index in [-0.39, 0.29) is 38.2 Å². The summed E-state index contributed by atoms with van der Waals surface area (Å²) in [4.78, 5) is 3.62. The van der Waals surface area contributed by atoms with Crippen LogP contribution in [-0.2, 0) is 42.8 Å². The summed E-state index contributed by atoms with van der Waals surface area (Å²) in [5.74, 6) is -0.651. The molecule has 4 nitrogen and oxygen atoms in total. The third kappa shape index (κ3) is 3.64. The first-order valence-corrected chi connectivity index (χ1v) is 5.99. The maximum Gasteiger partial charge on any atom is 3.00 e. The number of rotatable bonds is 2. The molecule has 0 aliphatic carbocycles. The van der Waals surface area contributed by atoms with E-state index in [1.165, 1.54) is 12.1 Å². The molecule has 2 aromatic rings. The summed E-state index contributed by atoms with van der Waals surface area (Å²) in [5, 5.41) is 0.606. The van der Waals surface area contributed by atoms with Crippen LogP contribution in [0.15, 0.2) is 30.3 Å². The summed E-state index contributed by atoms with van der Waals surface area (Å²) in [5.41, 5.74) is -5.27. The van der Waals surface area contributed by atoms with Crippen LogP contribution in [0.1, 0.15) is 0 Å². The molecule has 1 aromatic carbocycles. The van der Waals surface area contributed by atoms with E-state index >= 15 is 0 Å². The van der Waals surface area contributed by atoms with Crippen LogP contribution in [0.3, 0.4) is 0 Å². The van der Waals surface area contributed by atoms with Gasteiger partial charge in [0.1, 0.15) is 0 Å². The Hall–Kier alpha value is -0.726. The van der Waals surface area contributed by atoms with E-state index in [1.54, 1.807) is 12.1 Å². The molecular formula is C10H5F3NO3SY+2. The Bertz CT molecular complexity index is 688. The van der Waals surface area contributed by atoms with E-state index in [0.717, 1.165) is 6.07 Å². The predicted molar refractivity (Wildman–Crippen MR) is 56.2 cm³/mol. The molecule has 1 heterocycles. The minimum Gasteiger partial charge on any atom is -0.355 e. The molecule has 1 aromatic heterocycles. The van der Waals surface area contributed by atoms with Crippen LogP contribution in [0.2, 0.25) is 0 Å². The second-order valence-electron chi connectivity index (χ2n) is 3.24. The van der Waals surface area contributed by atoms with Crippen LogP contribution >= 0.6 is 0 Å². The van der Waals surface area contributed by atoms with Crippen molar-refractivity contribution in [1.82, 2.24) is 4.98 Å². The quantitative estimate of drug-likeness (QED) is 0.466. The molecular weight excluding hydrogens is 360 g/mol. The fourth-order valence-electron chi connectivity index (χ4n) is 1.19. The van der Waals surface area contributed by atoms with Crippen molar-refractivity contribution in [3.8, 4) is 5.88 Å². The van der Waals surface area contributed by atoms with Gasteiger partial charge in [0, 0.05) is 0 Å². The SMILES string of the molecule is O=S(=O)(Oc1ccc2ccc[c-]c2n1)C(F)(F)F.[Y+3]. The number of para-hydroxylation sites is 1. The van der Waals surface area contributed by atoms with E-state index in [1.807, 2.05) is 0 Å². The number of fused-ring (bicyclic) bond motifs is 1. The summed E-state index contributed by atoms with van der Waals surface area (Å²) in [6.45, 7) is 0. The normalized spacial score (nSPS) is 11.9. The summed E-state index contributed by atoms with van der Waals surface area (Å²) >= 11 is 0. The number of hydrogen-bond acceptors (Lipinski definition) is 4. The number of benzene rings is 1. The third-order valence-electron chi connectivity index (χ3n) is 1.97. The first-order valence-electron chi connectivity index (χ1n) is 4.58. The average Bonchev–Trinajstić information content (AvgIpc) is 2.27. The Morgan fingerprint density at radius 3 is 2.53 bits per heavy atom. The van der Waals surface area contributed by atoms with E-state index in [9.17, 15) is 21.6 Å². The van der Waals surface area contributed by atoms with E-state index in [2.05, 4.69) is 15.2 Å². The average molecular weight is 365 g/mol. The van der Waals surface area contributed by atoms with Gasteiger partial charge in [-0.3, -0.25) is 0 Å². The van der Waals surface area contributed by atoms with Crippen molar-refractivity contribution in [3.05, 3.63) is 36.4 Å². The van der Waals surface area contributed by atoms with Gasteiger partial charge >= 0.3 is 48.3 Å². The van der Waals surface area contributed by atoms with Crippen LogP contribution < -0.4 is 4.18 Å². The molecule has 96 valence electrons. The van der Waals surface area contributed by atoms with E-state index < -0.39 is 21.5 Å². The Morgan fingerprint density at radius 1 is 1.21 bits per heavy atom. The zero-order chi connectivity index (χ0) is 13.4. The number of hydrogen-bond donors (Lipinski definition) is 0. The number of nitrogens with zero attached hydrogens (tertiary/aromatic N) is 1. The summed E-state index contributed by atoms with van der Waals surface area (Å²) in [6, 6.07) is 9.89. The zero-order valence-electron chi connectivity index (χ0n) is 9.18. The van der Waals surface area contributed by atoms with Crippen molar-refractivity contribution in [2.75, 3.05) is 0 Å². The minimum absolute atomic E-state index is 0. The van der Waals surface area contributed by atoms with Crippen LogP contribution in [0.25, 0.3) is 10.9 Å². The molecule has 0 atom stereocenters. The Morgan fingerprint density at radius 2 is 1.89 bits per heavy atom. The fourth-order valence-corrected chi connectivity index (χ4v) is 1.60. The van der Waals surface area contributed by atoms with Gasteiger partial charge < -0.3 is 4.18 Å². The van der Waals surface area contributed by atoms with Crippen LogP contribution in [0, 0.1) is 6.07 Å². The second-order valence-corrected chi connectivity index (χ2v) is 4.78. The molecule has 0 bridgehead atoms. The minimum atomic E-state index is -5.70. The van der Waals surface area contributed by atoms with Crippen molar-refractivity contribution in [2.45, 2.75) is 5.51 Å². The second kappa shape index (κ2) is 5.72. The molecule has 0 unspecified atom stereocenters. The monoisotopic (exact) mass is 365 g/mol. The molecule has 0 aliphatic rings. The van der Waals surface area contributed by atoms with Crippen LogP contribution in [0.4, 0.5) is 13.2 Å². The molecule has 0 saturated heterocycles. The van der Waals surface area contributed by atoms with Crippen molar-refractivity contribution < 1.29 is 58.5 Å². The standard InChI is InChI=1S/C10H5F3NO3S.Y/c11-10(12,13)18(15,16)17-9-6-5-7-3-1-2-4-8(7)14-9;/h1-3,5-6H;/q-1;+3. The van der Waals surface area contributed by atoms with Crippen LogP contribution in [-0.4, -0.2) is 18.9 Å². The molecule has 19 heavy (non-hydrogen) atoms. The Kier molecular flexibility index (Phi) is 4.92. The van der Waals surface area contributed by atoms with Crippen molar-refractivity contribution in [1.29, 1.82) is 0 Å². The van der Waals surface area contributed by atoms with Gasteiger partial charge in [-0.05, 0) is 11.6 Å². The Balaban J connectivity index is 0.00000180. The summed E-state index contributed by atoms with van der Waals surface area (Å²) in [7, 11) is -5.70. The van der Waals surface area contributed by atoms with E-state index in [4.69, 9.17) is 0 Å². The largest absolute Gasteiger partial charge is 3.00 e. The van der Waals surface area contributed by atoms with Gasteiger partial charge in [0.15, 0.2) is 0 Å². The zero-order valence-corrected chi connectivity index (χ0v) is 12.8. The molecule has 0 aliphatic heterocycles. The van der Waals surface area contributed by atoms with Gasteiger partial charge in [0.2, 0.25) is 5.88 Å². The molecule has 0 spiro atoms. The number of halogens is 3. The number of pyridine rings is 1. The topological polar surface area (TPSA) is 56.3 Å². The molecule has 0 saturated carbocycles. The molecule has 2 rings (SSSR count). The maximum absolute atomic E-state index is 12.1. The van der Waals surface area contributed by atoms with Crippen molar-refractivity contribution in [2.24, 2.45) is 0 Å². The number of alkyl halides is 3. The smallest absolute Gasteiger partial charge is 0.355 e. The molecule has 9 heteroatoms. The van der Waals surface area contributed by atoms with Gasteiger partial charge in [-0.15, -0.1) is 11.5 Å². The fraction of sp³-hybridized carbons (Fsp3) is 0.100. The first kappa shape index (κ1) is 16.3. The van der Waals surface area contributed by atoms with Gasteiger partial charge in [-0.2, -0.15) is 45.9 Å². The van der Waals surface area contributed by atoms with Crippen molar-refractivity contribution in [3.63, 3.8) is 0 Å². The summed E-state index contributed by atoms with van der Waals surface area (Å²) in [6.07, 6.45) is 0. The number of aromatic nitrogens is 1. The van der Waals surface area contributed by atoms with Gasteiger partial charge in [-0.1, -0.05) is 0 Å². The molecule has 0 fully saturated rings. The van der Waals surface area contributed by atoms with Gasteiger partial charge in [-0.25, -0.2) is 4.98 Å². The predicted octanol–water partition coefficient (Wildman–Crippen LogP) is 2.26. The molecule has 0 amide bonds. The third-order valence-corrected chi connectivity index (χ3v) is 2.93. The van der Waals surface area contributed by atoms with Gasteiger partial charge in [0.25, 0.3) is 0 Å². The Labute approximate surface area is 132 Å². The van der Waals surface area contributed by atoms with Gasteiger partial charge in [0.05, 0.1) is 0 Å². The molecule has 0 radical (unpaired) electrons. The maximum atomic E-state index is 12.1.